The number of carbonyl (C=O) groups is 1. The van der Waals surface area contributed by atoms with Crippen molar-refractivity contribution in [1.82, 2.24) is 5.32 Å². The average molecular weight is 343 g/mol. The van der Waals surface area contributed by atoms with E-state index >= 15 is 0 Å². The molecule has 2 nitrogen and oxygen atoms in total. The lowest BCUT2D eigenvalue weighted by Crippen LogP contribution is -2.32. The molecule has 0 aliphatic heterocycles. The van der Waals surface area contributed by atoms with E-state index in [1.54, 1.807) is 18.3 Å². The zero-order valence-electron chi connectivity index (χ0n) is 8.52. The van der Waals surface area contributed by atoms with Crippen molar-refractivity contribution in [3.05, 3.63) is 20.8 Å². The Kier molecular flexibility index (Phi) is 3.30. The molecule has 1 saturated carbocycles. The first-order chi connectivity index (χ1) is 7.35. The molecule has 0 saturated heterocycles. The predicted molar refractivity (Wildman–Crippen MR) is 71.0 cm³/mol. The molecule has 1 heterocycles. The Bertz CT molecular complexity index is 434. The van der Waals surface area contributed by atoms with Crippen molar-refractivity contribution in [2.45, 2.75) is 24.2 Å². The highest BCUT2D eigenvalue weighted by Crippen LogP contribution is 2.63. The molecule has 0 spiro atoms. The van der Waals surface area contributed by atoms with E-state index in [0.717, 1.165) is 9.35 Å². The summed E-state index contributed by atoms with van der Waals surface area (Å²) < 4.78 is 0.158. The summed E-state index contributed by atoms with van der Waals surface area (Å²) in [4.78, 5) is 11.8. The van der Waals surface area contributed by atoms with Crippen LogP contribution < -0.4 is 5.32 Å². The van der Waals surface area contributed by atoms with Crippen LogP contribution in [0.2, 0.25) is 0 Å². The first kappa shape index (κ1) is 12.7. The van der Waals surface area contributed by atoms with Gasteiger partial charge in [-0.2, -0.15) is 0 Å². The summed E-state index contributed by atoms with van der Waals surface area (Å²) in [6.45, 7) is 2.30. The van der Waals surface area contributed by atoms with Crippen molar-refractivity contribution in [3.8, 4) is 0 Å². The fourth-order valence-electron chi connectivity index (χ4n) is 1.46. The van der Waals surface area contributed by atoms with Crippen LogP contribution in [0.15, 0.2) is 15.2 Å². The molecule has 16 heavy (non-hydrogen) atoms. The van der Waals surface area contributed by atoms with Gasteiger partial charge in [0.05, 0.1) is 9.20 Å². The molecule has 1 aliphatic rings. The van der Waals surface area contributed by atoms with Crippen LogP contribution >= 0.6 is 50.5 Å². The van der Waals surface area contributed by atoms with Crippen molar-refractivity contribution in [3.63, 3.8) is 0 Å². The van der Waals surface area contributed by atoms with Gasteiger partial charge in [-0.15, -0.1) is 34.5 Å². The van der Waals surface area contributed by atoms with Gasteiger partial charge in [0.2, 0.25) is 5.91 Å². The molecule has 0 radical (unpaired) electrons. The summed E-state index contributed by atoms with van der Waals surface area (Å²) in [6, 6.07) is 1.98. The zero-order chi connectivity index (χ0) is 12.0. The third-order valence-corrected chi connectivity index (χ3v) is 5.49. The highest BCUT2D eigenvalue weighted by atomic mass is 79.9. The maximum absolute atomic E-state index is 11.8. The van der Waals surface area contributed by atoms with Gasteiger partial charge in [0, 0.05) is 6.54 Å². The van der Waals surface area contributed by atoms with Gasteiger partial charge < -0.3 is 5.32 Å². The Balaban J connectivity index is 1.90. The number of hydrogen-bond donors (Lipinski definition) is 1. The number of halogens is 3. The number of amides is 1. The van der Waals surface area contributed by atoms with Crippen molar-refractivity contribution in [2.75, 3.05) is 0 Å². The minimum absolute atomic E-state index is 0.0835. The minimum Gasteiger partial charge on any atom is -0.351 e. The normalized spacial score (nSPS) is 26.5. The number of rotatable bonds is 3. The number of thiophene rings is 1. The van der Waals surface area contributed by atoms with Gasteiger partial charge in [-0.1, -0.05) is 0 Å². The standard InChI is InChI=1S/C10H10BrCl2NOS/c1-9(5-10(9,12)13)8(15)14-3-6-2-7(11)16-4-6/h2,4H,3,5H2,1H3,(H,14,15)/t9-/m0/s1. The van der Waals surface area contributed by atoms with E-state index in [2.05, 4.69) is 21.2 Å². The summed E-state index contributed by atoms with van der Waals surface area (Å²) in [6.07, 6.45) is 0.516. The van der Waals surface area contributed by atoms with E-state index in [4.69, 9.17) is 23.2 Å². The van der Waals surface area contributed by atoms with Crippen molar-refractivity contribution in [2.24, 2.45) is 5.41 Å². The van der Waals surface area contributed by atoms with Gasteiger partial charge in [-0.05, 0) is 46.3 Å². The lowest BCUT2D eigenvalue weighted by atomic mass is 10.1. The smallest absolute Gasteiger partial charge is 0.229 e. The second kappa shape index (κ2) is 4.16. The molecule has 0 unspecified atom stereocenters. The lowest BCUT2D eigenvalue weighted by Gasteiger charge is -2.11. The molecule has 88 valence electrons. The molecule has 0 bridgehead atoms. The Labute approximate surface area is 116 Å². The summed E-state index contributed by atoms with van der Waals surface area (Å²) in [5.41, 5.74) is 0.438. The molecule has 1 aromatic heterocycles. The average Bonchev–Trinajstić information content (AvgIpc) is 2.57. The van der Waals surface area contributed by atoms with E-state index in [9.17, 15) is 4.79 Å². The van der Waals surface area contributed by atoms with Crippen LogP contribution in [0, 0.1) is 5.41 Å². The van der Waals surface area contributed by atoms with Gasteiger partial charge in [0.1, 0.15) is 4.33 Å². The SMILES string of the molecule is C[C@@]1(C(=O)NCc2csc(Br)c2)CC1(Cl)Cl. The Morgan fingerprint density at radius 3 is 2.75 bits per heavy atom. The summed E-state index contributed by atoms with van der Waals surface area (Å²) in [5.74, 6) is -0.0835. The Morgan fingerprint density at radius 1 is 1.69 bits per heavy atom. The fourth-order valence-corrected chi connectivity index (χ4v) is 3.38. The predicted octanol–water partition coefficient (Wildman–Crippen LogP) is 3.71. The maximum atomic E-state index is 11.8. The molecule has 2 rings (SSSR count). The highest BCUT2D eigenvalue weighted by Gasteiger charge is 2.67. The van der Waals surface area contributed by atoms with Gasteiger partial charge >= 0.3 is 0 Å². The van der Waals surface area contributed by atoms with Gasteiger partial charge in [0.15, 0.2) is 0 Å². The molecule has 1 aliphatic carbocycles. The third kappa shape index (κ3) is 2.26. The van der Waals surface area contributed by atoms with Crippen molar-refractivity contribution in [1.29, 1.82) is 0 Å². The molecule has 1 fully saturated rings. The first-order valence-corrected chi connectivity index (χ1v) is 7.17. The van der Waals surface area contributed by atoms with Crippen LogP contribution in [-0.4, -0.2) is 10.2 Å². The van der Waals surface area contributed by atoms with Crippen LogP contribution in [0.4, 0.5) is 0 Å². The maximum Gasteiger partial charge on any atom is 0.229 e. The Morgan fingerprint density at radius 2 is 2.31 bits per heavy atom. The molecule has 6 heteroatoms. The van der Waals surface area contributed by atoms with E-state index in [1.807, 2.05) is 11.4 Å². The number of hydrogen-bond acceptors (Lipinski definition) is 2. The number of carbonyl (C=O) groups excluding carboxylic acids is 1. The quantitative estimate of drug-likeness (QED) is 0.833. The van der Waals surface area contributed by atoms with Crippen LogP contribution in [-0.2, 0) is 11.3 Å². The van der Waals surface area contributed by atoms with Crippen LogP contribution in [0.25, 0.3) is 0 Å². The minimum atomic E-state index is -0.897. The molecular formula is C10H10BrCl2NOS. The van der Waals surface area contributed by atoms with Gasteiger partial charge in [0.25, 0.3) is 0 Å². The third-order valence-electron chi connectivity index (χ3n) is 2.83. The second-order valence-corrected chi connectivity index (χ2v) is 7.93. The highest BCUT2D eigenvalue weighted by molar-refractivity contribution is 9.11. The van der Waals surface area contributed by atoms with E-state index < -0.39 is 9.75 Å². The van der Waals surface area contributed by atoms with Crippen LogP contribution in [0.3, 0.4) is 0 Å². The topological polar surface area (TPSA) is 29.1 Å². The fraction of sp³-hybridized carbons (Fsp3) is 0.500. The molecular weight excluding hydrogens is 333 g/mol. The molecule has 1 amide bonds. The molecule has 1 aromatic rings. The van der Waals surface area contributed by atoms with Crippen molar-refractivity contribution >= 4 is 56.4 Å². The van der Waals surface area contributed by atoms with Crippen LogP contribution in [0.1, 0.15) is 18.9 Å². The molecule has 1 atom stereocenters. The molecule has 0 aromatic carbocycles. The number of alkyl halides is 2. The molecule has 1 N–H and O–H groups in total. The zero-order valence-corrected chi connectivity index (χ0v) is 12.4. The first-order valence-electron chi connectivity index (χ1n) is 4.74. The van der Waals surface area contributed by atoms with E-state index in [0.29, 0.717) is 13.0 Å². The summed E-state index contributed by atoms with van der Waals surface area (Å²) in [7, 11) is 0. The second-order valence-electron chi connectivity index (χ2n) is 4.16. The van der Waals surface area contributed by atoms with Gasteiger partial charge in [-0.25, -0.2) is 0 Å². The van der Waals surface area contributed by atoms with E-state index in [1.165, 1.54) is 0 Å². The van der Waals surface area contributed by atoms with Gasteiger partial charge in [-0.3, -0.25) is 4.79 Å². The number of nitrogens with one attached hydrogen (secondary N) is 1. The van der Waals surface area contributed by atoms with Crippen LogP contribution in [0.5, 0.6) is 0 Å². The Hall–Kier alpha value is 0.230. The van der Waals surface area contributed by atoms with Crippen molar-refractivity contribution < 1.29 is 4.79 Å². The summed E-state index contributed by atoms with van der Waals surface area (Å²) >= 11 is 16.8. The van der Waals surface area contributed by atoms with E-state index in [-0.39, 0.29) is 5.91 Å². The largest absolute Gasteiger partial charge is 0.351 e. The summed E-state index contributed by atoms with van der Waals surface area (Å²) in [5, 5.41) is 4.84. The lowest BCUT2D eigenvalue weighted by molar-refractivity contribution is -0.125. The monoisotopic (exact) mass is 341 g/mol.